The maximum Gasteiger partial charge on any atom is 0.0741 e. The molecular weight excluding hydrogens is 230 g/mol. The van der Waals surface area contributed by atoms with Crippen molar-refractivity contribution in [1.82, 2.24) is 4.98 Å². The zero-order valence-corrected chi connectivity index (χ0v) is 12.3. The predicted octanol–water partition coefficient (Wildman–Crippen LogP) is 4.93. The molecule has 0 bridgehead atoms. The summed E-state index contributed by atoms with van der Waals surface area (Å²) in [6.07, 6.45) is 0. The van der Waals surface area contributed by atoms with Crippen molar-refractivity contribution in [2.45, 2.75) is 34.6 Å². The first-order valence-corrected chi connectivity index (χ1v) is 6.76. The van der Waals surface area contributed by atoms with Gasteiger partial charge in [0.2, 0.25) is 0 Å². The van der Waals surface area contributed by atoms with E-state index in [-0.39, 0.29) is 0 Å². The molecule has 3 rings (SSSR count). The van der Waals surface area contributed by atoms with Crippen LogP contribution in [0.5, 0.6) is 0 Å². The van der Waals surface area contributed by atoms with Gasteiger partial charge < -0.3 is 0 Å². The van der Waals surface area contributed by atoms with E-state index in [0.717, 1.165) is 11.0 Å². The molecule has 0 saturated heterocycles. The van der Waals surface area contributed by atoms with Crippen LogP contribution >= 0.6 is 0 Å². The van der Waals surface area contributed by atoms with Crippen molar-refractivity contribution in [3.8, 4) is 0 Å². The number of benzene rings is 2. The normalized spacial score (nSPS) is 11.4. The van der Waals surface area contributed by atoms with Crippen LogP contribution in [0.1, 0.15) is 27.8 Å². The largest absolute Gasteiger partial charge is 0.247 e. The summed E-state index contributed by atoms with van der Waals surface area (Å²) in [5, 5.41) is 2.52. The second-order valence-corrected chi connectivity index (χ2v) is 5.60. The fourth-order valence-corrected chi connectivity index (χ4v) is 2.77. The highest BCUT2D eigenvalue weighted by atomic mass is 14.7. The van der Waals surface area contributed by atoms with Gasteiger partial charge in [-0.1, -0.05) is 12.1 Å². The lowest BCUT2D eigenvalue weighted by atomic mass is 9.97. The Morgan fingerprint density at radius 2 is 1.37 bits per heavy atom. The van der Waals surface area contributed by atoms with Crippen LogP contribution in [0.3, 0.4) is 0 Å². The van der Waals surface area contributed by atoms with E-state index in [1.807, 2.05) is 0 Å². The highest BCUT2D eigenvalue weighted by Gasteiger charge is 2.09. The van der Waals surface area contributed by atoms with Crippen molar-refractivity contribution in [1.29, 1.82) is 0 Å². The molecular formula is C18H19N. The molecule has 1 nitrogen and oxygen atoms in total. The van der Waals surface area contributed by atoms with Crippen LogP contribution in [0.4, 0.5) is 0 Å². The summed E-state index contributed by atoms with van der Waals surface area (Å²) in [4.78, 5) is 4.94. The quantitative estimate of drug-likeness (QED) is 0.515. The van der Waals surface area contributed by atoms with Crippen LogP contribution in [0, 0.1) is 34.6 Å². The predicted molar refractivity (Wildman–Crippen MR) is 82.9 cm³/mol. The van der Waals surface area contributed by atoms with Gasteiger partial charge >= 0.3 is 0 Å². The number of hydrogen-bond acceptors (Lipinski definition) is 1. The Morgan fingerprint density at radius 3 is 2.11 bits per heavy atom. The number of hydrogen-bond donors (Lipinski definition) is 0. The molecule has 1 aromatic heterocycles. The van der Waals surface area contributed by atoms with Crippen molar-refractivity contribution in [3.63, 3.8) is 0 Å². The van der Waals surface area contributed by atoms with Crippen LogP contribution in [-0.4, -0.2) is 4.98 Å². The summed E-state index contributed by atoms with van der Waals surface area (Å²) >= 11 is 0. The minimum Gasteiger partial charge on any atom is -0.247 e. The molecule has 1 heteroatoms. The molecule has 0 N–H and O–H groups in total. The first-order chi connectivity index (χ1) is 8.99. The number of nitrogens with zero attached hydrogens (tertiary/aromatic N) is 1. The van der Waals surface area contributed by atoms with Gasteiger partial charge in [-0.2, -0.15) is 0 Å². The lowest BCUT2D eigenvalue weighted by molar-refractivity contribution is 1.27. The summed E-state index contributed by atoms with van der Waals surface area (Å²) in [7, 11) is 0. The summed E-state index contributed by atoms with van der Waals surface area (Å²) in [6.45, 7) is 10.8. The average molecular weight is 249 g/mol. The molecule has 0 fully saturated rings. The maximum absolute atomic E-state index is 4.94. The molecule has 0 aliphatic heterocycles. The molecule has 0 aliphatic carbocycles. The molecule has 2 aromatic carbocycles. The lowest BCUT2D eigenvalue weighted by Gasteiger charge is -2.12. The summed E-state index contributed by atoms with van der Waals surface area (Å²) in [5.41, 5.74) is 8.83. The van der Waals surface area contributed by atoms with Gasteiger partial charge in [0.25, 0.3) is 0 Å². The fraction of sp³-hybridized carbons (Fsp3) is 0.278. The van der Waals surface area contributed by atoms with Gasteiger partial charge in [-0.25, -0.2) is 4.98 Å². The Kier molecular flexibility index (Phi) is 2.60. The first-order valence-electron chi connectivity index (χ1n) is 6.76. The number of aryl methyl sites for hydroxylation is 4. The topological polar surface area (TPSA) is 12.9 Å². The van der Waals surface area contributed by atoms with Crippen molar-refractivity contribution in [3.05, 3.63) is 52.1 Å². The molecule has 96 valence electrons. The van der Waals surface area contributed by atoms with Crippen LogP contribution in [0.2, 0.25) is 0 Å². The van der Waals surface area contributed by atoms with Gasteiger partial charge in [0.1, 0.15) is 0 Å². The third kappa shape index (κ3) is 1.73. The zero-order valence-electron chi connectivity index (χ0n) is 12.3. The molecule has 19 heavy (non-hydrogen) atoms. The van der Waals surface area contributed by atoms with Gasteiger partial charge in [0.15, 0.2) is 0 Å². The van der Waals surface area contributed by atoms with Crippen LogP contribution < -0.4 is 0 Å². The second-order valence-electron chi connectivity index (χ2n) is 5.60. The monoisotopic (exact) mass is 249 g/mol. The minimum absolute atomic E-state index is 1.14. The zero-order chi connectivity index (χ0) is 13.7. The van der Waals surface area contributed by atoms with E-state index in [1.165, 1.54) is 38.6 Å². The van der Waals surface area contributed by atoms with Crippen molar-refractivity contribution >= 4 is 21.8 Å². The molecule has 0 spiro atoms. The third-order valence-electron chi connectivity index (χ3n) is 4.31. The number of rotatable bonds is 0. The molecule has 0 aliphatic rings. The lowest BCUT2D eigenvalue weighted by Crippen LogP contribution is -1.94. The molecule has 0 radical (unpaired) electrons. The third-order valence-corrected chi connectivity index (χ3v) is 4.31. The van der Waals surface area contributed by atoms with Crippen LogP contribution in [0.25, 0.3) is 21.8 Å². The Morgan fingerprint density at radius 1 is 0.684 bits per heavy atom. The average Bonchev–Trinajstić information content (AvgIpc) is 2.39. The van der Waals surface area contributed by atoms with Gasteiger partial charge in [0, 0.05) is 10.8 Å². The van der Waals surface area contributed by atoms with E-state index < -0.39 is 0 Å². The molecule has 0 amide bonds. The molecule has 0 atom stereocenters. The van der Waals surface area contributed by atoms with E-state index in [4.69, 9.17) is 4.98 Å². The van der Waals surface area contributed by atoms with Gasteiger partial charge in [-0.05, 0) is 74.6 Å². The fourth-order valence-electron chi connectivity index (χ4n) is 2.77. The number of fused-ring (bicyclic) bond motifs is 2. The number of aromatic nitrogens is 1. The Hall–Kier alpha value is -1.89. The highest BCUT2D eigenvalue weighted by molar-refractivity contribution is 5.97. The van der Waals surface area contributed by atoms with E-state index in [9.17, 15) is 0 Å². The van der Waals surface area contributed by atoms with Gasteiger partial charge in [0.05, 0.1) is 11.0 Å². The molecule has 0 unspecified atom stereocenters. The van der Waals surface area contributed by atoms with Gasteiger partial charge in [-0.15, -0.1) is 0 Å². The Bertz CT molecular complexity index is 813. The maximum atomic E-state index is 4.94. The van der Waals surface area contributed by atoms with Crippen molar-refractivity contribution in [2.75, 3.05) is 0 Å². The molecule has 3 aromatic rings. The molecule has 1 heterocycles. The summed E-state index contributed by atoms with van der Waals surface area (Å²) < 4.78 is 0. The summed E-state index contributed by atoms with van der Waals surface area (Å²) in [5.74, 6) is 0. The van der Waals surface area contributed by atoms with E-state index in [0.29, 0.717) is 0 Å². The van der Waals surface area contributed by atoms with Gasteiger partial charge in [-0.3, -0.25) is 0 Å². The smallest absolute Gasteiger partial charge is 0.0741 e. The molecule has 0 saturated carbocycles. The Balaban J connectivity index is 2.56. The van der Waals surface area contributed by atoms with Crippen LogP contribution in [-0.2, 0) is 0 Å². The first kappa shape index (κ1) is 12.2. The van der Waals surface area contributed by atoms with E-state index in [1.54, 1.807) is 0 Å². The van der Waals surface area contributed by atoms with E-state index >= 15 is 0 Å². The number of pyridine rings is 1. The SMILES string of the molecule is Cc1cc2cc3c(C)ccc(C)c3nc2c(C)c1C. The second kappa shape index (κ2) is 4.06. The van der Waals surface area contributed by atoms with Crippen LogP contribution in [0.15, 0.2) is 24.3 Å². The van der Waals surface area contributed by atoms with Crippen molar-refractivity contribution < 1.29 is 0 Å². The van der Waals surface area contributed by atoms with E-state index in [2.05, 4.69) is 58.9 Å². The van der Waals surface area contributed by atoms with Crippen molar-refractivity contribution in [2.24, 2.45) is 0 Å². The Labute approximate surface area is 114 Å². The summed E-state index contributed by atoms with van der Waals surface area (Å²) in [6, 6.07) is 8.89. The standard InChI is InChI=1S/C18H19N/c1-10-6-7-11(2)17-16(10)9-15-8-12(3)13(4)14(5)18(15)19-17/h6-9H,1-5H3. The highest BCUT2D eigenvalue weighted by Crippen LogP contribution is 2.29. The minimum atomic E-state index is 1.14.